The number of benzene rings is 1. The van der Waals surface area contributed by atoms with Gasteiger partial charge in [0.1, 0.15) is 0 Å². The van der Waals surface area contributed by atoms with Crippen LogP contribution in [0.1, 0.15) is 30.9 Å². The standard InChI is InChI=1S/C20H22N4O2/c1-5-7-12(2)8-6-9-24-16-11-14(4)13(3)10-15(16)21-17-18(24)22-20(26)23-19(17)25/h5,7,10-11H,2,6,8-9H2,1,3-4H3,(H,23,25,26). The van der Waals surface area contributed by atoms with E-state index in [1.165, 1.54) is 0 Å². The number of aromatic amines is 1. The van der Waals surface area contributed by atoms with Gasteiger partial charge in [0.25, 0.3) is 5.56 Å². The molecule has 1 N–H and O–H groups in total. The molecular formula is C20H22N4O2. The fourth-order valence-electron chi connectivity index (χ4n) is 3.06. The topological polar surface area (TPSA) is 80.6 Å². The summed E-state index contributed by atoms with van der Waals surface area (Å²) in [5, 5.41) is 0. The Morgan fingerprint density at radius 3 is 2.69 bits per heavy atom. The van der Waals surface area contributed by atoms with Crippen LogP contribution in [-0.2, 0) is 6.54 Å². The van der Waals surface area contributed by atoms with Crippen molar-refractivity contribution < 1.29 is 0 Å². The van der Waals surface area contributed by atoms with Crippen molar-refractivity contribution in [1.29, 1.82) is 0 Å². The van der Waals surface area contributed by atoms with E-state index >= 15 is 0 Å². The maximum atomic E-state index is 12.2. The highest BCUT2D eigenvalue weighted by Gasteiger charge is 2.18. The second-order valence-corrected chi connectivity index (χ2v) is 6.49. The maximum absolute atomic E-state index is 12.2. The lowest BCUT2D eigenvalue weighted by Crippen LogP contribution is -2.29. The van der Waals surface area contributed by atoms with Crippen molar-refractivity contribution >= 4 is 11.0 Å². The molecule has 0 fully saturated rings. The molecule has 6 heteroatoms. The molecule has 0 spiro atoms. The van der Waals surface area contributed by atoms with Crippen molar-refractivity contribution in [2.45, 2.75) is 40.2 Å². The summed E-state index contributed by atoms with van der Waals surface area (Å²) in [6.45, 7) is 10.6. The van der Waals surface area contributed by atoms with Crippen LogP contribution in [0.15, 0.2) is 46.0 Å². The summed E-state index contributed by atoms with van der Waals surface area (Å²) in [5.41, 5.74) is 3.88. The zero-order chi connectivity index (χ0) is 18.8. The smallest absolute Gasteiger partial charge is 0.322 e. The van der Waals surface area contributed by atoms with Gasteiger partial charge in [-0.2, -0.15) is 4.98 Å². The molecule has 1 aromatic rings. The van der Waals surface area contributed by atoms with Gasteiger partial charge in [0, 0.05) is 6.54 Å². The first-order valence-electron chi connectivity index (χ1n) is 8.63. The van der Waals surface area contributed by atoms with Crippen LogP contribution in [0.4, 0.5) is 0 Å². The van der Waals surface area contributed by atoms with Gasteiger partial charge in [0.05, 0.1) is 11.0 Å². The largest absolute Gasteiger partial charge is 0.349 e. The van der Waals surface area contributed by atoms with Crippen molar-refractivity contribution in [2.75, 3.05) is 0 Å². The van der Waals surface area contributed by atoms with Gasteiger partial charge in [-0.3, -0.25) is 9.78 Å². The molecule has 0 atom stereocenters. The summed E-state index contributed by atoms with van der Waals surface area (Å²) < 4.78 is 1.92. The molecule has 134 valence electrons. The first-order valence-corrected chi connectivity index (χ1v) is 8.63. The summed E-state index contributed by atoms with van der Waals surface area (Å²) in [4.78, 5) is 34.7. The second kappa shape index (κ2) is 7.07. The van der Waals surface area contributed by atoms with Crippen LogP contribution >= 0.6 is 0 Å². The van der Waals surface area contributed by atoms with Gasteiger partial charge in [0.15, 0.2) is 11.5 Å². The summed E-state index contributed by atoms with van der Waals surface area (Å²) in [7, 11) is 0. The van der Waals surface area contributed by atoms with Crippen LogP contribution in [0.5, 0.6) is 0 Å². The van der Waals surface area contributed by atoms with Crippen molar-refractivity contribution in [3.8, 4) is 11.5 Å². The summed E-state index contributed by atoms with van der Waals surface area (Å²) >= 11 is 0. The van der Waals surface area contributed by atoms with Crippen LogP contribution in [0.3, 0.4) is 0 Å². The van der Waals surface area contributed by atoms with Crippen molar-refractivity contribution in [2.24, 2.45) is 0 Å². The lowest BCUT2D eigenvalue weighted by Gasteiger charge is -2.17. The summed E-state index contributed by atoms with van der Waals surface area (Å²) in [5.74, 6) is 0.325. The molecule has 0 bridgehead atoms. The van der Waals surface area contributed by atoms with Gasteiger partial charge < -0.3 is 4.57 Å². The molecule has 1 aromatic carbocycles. The molecule has 26 heavy (non-hydrogen) atoms. The minimum atomic E-state index is -0.653. The van der Waals surface area contributed by atoms with E-state index in [0.29, 0.717) is 12.4 Å². The minimum Gasteiger partial charge on any atom is -0.322 e. The zero-order valence-electron chi connectivity index (χ0n) is 15.3. The molecule has 2 aliphatic rings. The number of hydrogen-bond acceptors (Lipinski definition) is 4. The Hall–Kier alpha value is -3.02. The molecule has 0 saturated carbocycles. The molecular weight excluding hydrogens is 328 g/mol. The SMILES string of the molecule is C=C(C=CC)CCCn1c2nc(=O)[nH]c(=O)c-2nc2cc(C)c(C)cc21. The molecule has 2 heterocycles. The second-order valence-electron chi connectivity index (χ2n) is 6.49. The van der Waals surface area contributed by atoms with E-state index in [4.69, 9.17) is 0 Å². The van der Waals surface area contributed by atoms with Crippen LogP contribution < -0.4 is 11.2 Å². The van der Waals surface area contributed by atoms with Gasteiger partial charge in [-0.15, -0.1) is 0 Å². The monoisotopic (exact) mass is 350 g/mol. The van der Waals surface area contributed by atoms with E-state index < -0.39 is 11.2 Å². The van der Waals surface area contributed by atoms with E-state index in [2.05, 4.69) is 21.5 Å². The Morgan fingerprint density at radius 2 is 1.96 bits per heavy atom. The lowest BCUT2D eigenvalue weighted by atomic mass is 10.1. The van der Waals surface area contributed by atoms with Gasteiger partial charge in [-0.25, -0.2) is 9.78 Å². The predicted octanol–water partition coefficient (Wildman–Crippen LogP) is 3.11. The normalized spacial score (nSPS) is 11.7. The quantitative estimate of drug-likeness (QED) is 0.566. The number of nitrogens with zero attached hydrogens (tertiary/aromatic N) is 3. The number of allylic oxidation sites excluding steroid dienone is 3. The fourth-order valence-corrected chi connectivity index (χ4v) is 3.06. The van der Waals surface area contributed by atoms with Gasteiger partial charge in [-0.1, -0.05) is 24.3 Å². The van der Waals surface area contributed by atoms with Gasteiger partial charge in [-0.05, 0) is 56.9 Å². The minimum absolute atomic E-state index is 0.188. The Balaban J connectivity index is 2.18. The van der Waals surface area contributed by atoms with Gasteiger partial charge in [0.2, 0.25) is 0 Å². The highest BCUT2D eigenvalue weighted by molar-refractivity contribution is 5.81. The first-order chi connectivity index (χ1) is 12.4. The Bertz CT molecular complexity index is 1110. The van der Waals surface area contributed by atoms with Crippen LogP contribution in [0.2, 0.25) is 0 Å². The number of aryl methyl sites for hydroxylation is 3. The van der Waals surface area contributed by atoms with Crippen LogP contribution in [0.25, 0.3) is 22.6 Å². The third-order valence-electron chi connectivity index (χ3n) is 4.51. The van der Waals surface area contributed by atoms with Crippen molar-refractivity contribution in [3.05, 3.63) is 68.4 Å². The van der Waals surface area contributed by atoms with E-state index in [1.54, 1.807) is 0 Å². The molecule has 0 radical (unpaired) electrons. The summed E-state index contributed by atoms with van der Waals surface area (Å²) in [6.07, 6.45) is 5.59. The average molecular weight is 350 g/mol. The molecule has 3 rings (SSSR count). The third kappa shape index (κ3) is 3.35. The number of H-pyrrole nitrogens is 1. The first kappa shape index (κ1) is 17.8. The van der Waals surface area contributed by atoms with Crippen molar-refractivity contribution in [3.63, 3.8) is 0 Å². The van der Waals surface area contributed by atoms with Crippen molar-refractivity contribution in [1.82, 2.24) is 19.5 Å². The van der Waals surface area contributed by atoms with E-state index in [9.17, 15) is 9.59 Å². The number of rotatable bonds is 5. The molecule has 6 nitrogen and oxygen atoms in total. The number of nitrogens with one attached hydrogen (secondary N) is 1. The Labute approximate surface area is 151 Å². The average Bonchev–Trinajstić information content (AvgIpc) is 2.57. The maximum Gasteiger partial charge on any atom is 0.349 e. The number of hydrogen-bond donors (Lipinski definition) is 1. The van der Waals surface area contributed by atoms with Crippen LogP contribution in [0, 0.1) is 13.8 Å². The van der Waals surface area contributed by atoms with E-state index in [1.807, 2.05) is 49.6 Å². The molecule has 0 aromatic heterocycles. The van der Waals surface area contributed by atoms with E-state index in [0.717, 1.165) is 40.6 Å². The number of fused-ring (bicyclic) bond motifs is 2. The highest BCUT2D eigenvalue weighted by Crippen LogP contribution is 2.24. The molecule has 0 amide bonds. The van der Waals surface area contributed by atoms with Gasteiger partial charge >= 0.3 is 5.69 Å². The molecule has 0 aliphatic carbocycles. The highest BCUT2D eigenvalue weighted by atomic mass is 16.2. The Kier molecular flexibility index (Phi) is 4.84. The number of aromatic nitrogens is 4. The van der Waals surface area contributed by atoms with E-state index in [-0.39, 0.29) is 5.69 Å². The lowest BCUT2D eigenvalue weighted by molar-refractivity contribution is 0.650. The molecule has 0 unspecified atom stereocenters. The third-order valence-corrected chi connectivity index (χ3v) is 4.51. The predicted molar refractivity (Wildman–Crippen MR) is 104 cm³/mol. The summed E-state index contributed by atoms with van der Waals surface area (Å²) in [6, 6.07) is 4.00. The van der Waals surface area contributed by atoms with Crippen LogP contribution in [-0.4, -0.2) is 19.5 Å². The Morgan fingerprint density at radius 1 is 1.23 bits per heavy atom. The molecule has 0 saturated heterocycles. The molecule has 2 aliphatic heterocycles. The fraction of sp³-hybridized carbons (Fsp3) is 0.300. The zero-order valence-corrected chi connectivity index (χ0v) is 15.3.